The van der Waals surface area contributed by atoms with Crippen molar-refractivity contribution in [2.24, 2.45) is 5.10 Å². The zero-order valence-electron chi connectivity index (χ0n) is 15.3. The van der Waals surface area contributed by atoms with E-state index >= 15 is 0 Å². The molecule has 0 fully saturated rings. The van der Waals surface area contributed by atoms with E-state index in [1.54, 1.807) is 0 Å². The monoisotopic (exact) mass is 456 g/mol. The number of alkyl halides is 3. The van der Waals surface area contributed by atoms with Gasteiger partial charge in [-0.3, -0.25) is 4.79 Å². The van der Waals surface area contributed by atoms with Crippen LogP contribution in [0.1, 0.15) is 29.8 Å². The Morgan fingerprint density at radius 2 is 1.83 bits per heavy atom. The number of aromatic nitrogens is 2. The third kappa shape index (κ3) is 5.17. The van der Waals surface area contributed by atoms with E-state index in [2.05, 4.69) is 19.8 Å². The van der Waals surface area contributed by atoms with Crippen molar-refractivity contribution in [3.63, 3.8) is 0 Å². The summed E-state index contributed by atoms with van der Waals surface area (Å²) in [5.41, 5.74) is 1.35. The highest BCUT2D eigenvalue weighted by Crippen LogP contribution is 2.33. The van der Waals surface area contributed by atoms with E-state index in [0.717, 1.165) is 10.6 Å². The highest BCUT2D eigenvalue weighted by molar-refractivity contribution is 6.36. The van der Waals surface area contributed by atoms with Crippen molar-refractivity contribution in [2.75, 3.05) is 5.01 Å². The number of halogens is 5. The van der Waals surface area contributed by atoms with Gasteiger partial charge in [-0.2, -0.15) is 23.3 Å². The van der Waals surface area contributed by atoms with Crippen LogP contribution >= 0.6 is 23.2 Å². The van der Waals surface area contributed by atoms with E-state index in [0.29, 0.717) is 0 Å². The van der Waals surface area contributed by atoms with Crippen molar-refractivity contribution < 1.29 is 22.5 Å². The second-order valence-corrected chi connectivity index (χ2v) is 6.88. The fourth-order valence-corrected chi connectivity index (χ4v) is 3.08. The van der Waals surface area contributed by atoms with E-state index in [1.807, 2.05) is 30.3 Å². The molecule has 2 aromatic carbocycles. The number of hydrogen-bond acceptors (Lipinski definition) is 5. The molecule has 156 valence electrons. The molecule has 3 rings (SSSR count). The summed E-state index contributed by atoms with van der Waals surface area (Å²) in [6.07, 6.45) is -3.44. The van der Waals surface area contributed by atoms with Gasteiger partial charge in [-0.25, -0.2) is 5.01 Å². The van der Waals surface area contributed by atoms with Gasteiger partial charge in [0.05, 0.1) is 11.9 Å². The Balaban J connectivity index is 1.87. The molecular weight excluding hydrogens is 444 g/mol. The number of amides is 1. The van der Waals surface area contributed by atoms with Gasteiger partial charge < -0.3 is 4.52 Å². The number of nitrogens with zero attached hydrogens (tertiary/aromatic N) is 4. The first-order valence-corrected chi connectivity index (χ1v) is 9.18. The Morgan fingerprint density at radius 1 is 1.20 bits per heavy atom. The minimum atomic E-state index is -4.75. The van der Waals surface area contributed by atoms with Crippen LogP contribution in [0.2, 0.25) is 10.0 Å². The maximum Gasteiger partial charge on any atom is 0.471 e. The zero-order chi connectivity index (χ0) is 21.9. The Labute approximate surface area is 178 Å². The Morgan fingerprint density at radius 3 is 2.37 bits per heavy atom. The van der Waals surface area contributed by atoms with Crippen LogP contribution in [-0.4, -0.2) is 22.3 Å². The fraction of sp³-hybridized carbons (Fsp3) is 0.158. The number of benzene rings is 2. The molecule has 0 atom stereocenters. The van der Waals surface area contributed by atoms with Crippen molar-refractivity contribution in [2.45, 2.75) is 19.5 Å². The molecular formula is C19H13Cl2F3N4O2. The first-order valence-electron chi connectivity index (χ1n) is 8.42. The topological polar surface area (TPSA) is 71.6 Å². The van der Waals surface area contributed by atoms with Crippen molar-refractivity contribution in [3.05, 3.63) is 75.4 Å². The van der Waals surface area contributed by atoms with Crippen LogP contribution in [0.4, 0.5) is 18.9 Å². The largest absolute Gasteiger partial charge is 0.471 e. The molecule has 0 aliphatic heterocycles. The molecule has 11 heteroatoms. The average molecular weight is 457 g/mol. The molecule has 0 saturated carbocycles. The smallest absolute Gasteiger partial charge is 0.329 e. The lowest BCUT2D eigenvalue weighted by atomic mass is 10.1. The van der Waals surface area contributed by atoms with Gasteiger partial charge in [0.1, 0.15) is 0 Å². The molecule has 0 bridgehead atoms. The molecule has 1 aromatic heterocycles. The van der Waals surface area contributed by atoms with E-state index in [9.17, 15) is 18.0 Å². The lowest BCUT2D eigenvalue weighted by Crippen LogP contribution is -2.22. The minimum Gasteiger partial charge on any atom is -0.329 e. The van der Waals surface area contributed by atoms with Crippen molar-refractivity contribution in [1.82, 2.24) is 10.1 Å². The van der Waals surface area contributed by atoms with Crippen LogP contribution in [0.25, 0.3) is 0 Å². The SMILES string of the molecule is CC(=O)N(/N=C/c1ccccc1)c1cc(Cl)c(Cc2noc(C(F)(F)F)n2)c(Cl)c1. The van der Waals surface area contributed by atoms with Gasteiger partial charge in [-0.05, 0) is 23.3 Å². The van der Waals surface area contributed by atoms with Crippen LogP contribution in [0.15, 0.2) is 52.1 Å². The number of hydrogen-bond donors (Lipinski definition) is 0. The highest BCUT2D eigenvalue weighted by Gasteiger charge is 2.38. The predicted octanol–water partition coefficient (Wildman–Crippen LogP) is 5.37. The summed E-state index contributed by atoms with van der Waals surface area (Å²) in [4.78, 5) is 15.3. The molecule has 0 unspecified atom stereocenters. The van der Waals surface area contributed by atoms with Gasteiger partial charge in [-0.1, -0.05) is 58.7 Å². The van der Waals surface area contributed by atoms with E-state index in [-0.39, 0.29) is 33.5 Å². The number of carbonyl (C=O) groups excluding carboxylic acids is 1. The average Bonchev–Trinajstić information content (AvgIpc) is 3.15. The fourth-order valence-electron chi connectivity index (χ4n) is 2.47. The minimum absolute atomic E-state index is 0.108. The molecule has 3 aromatic rings. The normalized spacial score (nSPS) is 11.8. The quantitative estimate of drug-likeness (QED) is 0.382. The number of hydrazone groups is 1. The summed E-state index contributed by atoms with van der Waals surface area (Å²) in [7, 11) is 0. The molecule has 0 N–H and O–H groups in total. The van der Waals surface area contributed by atoms with Gasteiger partial charge in [-0.15, -0.1) is 0 Å². The van der Waals surface area contributed by atoms with Crippen LogP contribution in [-0.2, 0) is 17.4 Å². The maximum atomic E-state index is 12.6. The second-order valence-electron chi connectivity index (χ2n) is 6.06. The Hall–Kier alpha value is -2.91. The summed E-state index contributed by atoms with van der Waals surface area (Å²) < 4.78 is 42.0. The number of carbonyl (C=O) groups is 1. The third-order valence-corrected chi connectivity index (χ3v) is 4.51. The van der Waals surface area contributed by atoms with E-state index in [4.69, 9.17) is 23.2 Å². The molecule has 30 heavy (non-hydrogen) atoms. The number of anilines is 1. The van der Waals surface area contributed by atoms with Crippen molar-refractivity contribution >= 4 is 41.0 Å². The standard InChI is InChI=1S/C19H13Cl2F3N4O2/c1-11(29)28(25-10-12-5-3-2-4-6-12)13-7-15(20)14(16(21)8-13)9-17-26-18(30-27-17)19(22,23)24/h2-8,10H,9H2,1H3/b25-10+. The molecule has 1 amide bonds. The maximum absolute atomic E-state index is 12.6. The highest BCUT2D eigenvalue weighted by atomic mass is 35.5. The van der Waals surface area contributed by atoms with Gasteiger partial charge >= 0.3 is 12.1 Å². The molecule has 1 heterocycles. The molecule has 0 radical (unpaired) electrons. The zero-order valence-corrected chi connectivity index (χ0v) is 16.8. The van der Waals surface area contributed by atoms with Crippen LogP contribution in [0.3, 0.4) is 0 Å². The van der Waals surface area contributed by atoms with Gasteiger partial charge in [0.2, 0.25) is 5.91 Å². The summed E-state index contributed by atoms with van der Waals surface area (Å²) in [6, 6.07) is 12.0. The van der Waals surface area contributed by atoms with Crippen molar-refractivity contribution in [1.29, 1.82) is 0 Å². The molecule has 0 saturated heterocycles. The molecule has 0 aliphatic rings. The van der Waals surface area contributed by atoms with E-state index in [1.165, 1.54) is 25.3 Å². The van der Waals surface area contributed by atoms with Crippen molar-refractivity contribution in [3.8, 4) is 0 Å². The third-order valence-electron chi connectivity index (χ3n) is 3.84. The van der Waals surface area contributed by atoms with E-state index < -0.39 is 18.0 Å². The lowest BCUT2D eigenvalue weighted by molar-refractivity contribution is -0.159. The lowest BCUT2D eigenvalue weighted by Gasteiger charge is -2.17. The van der Waals surface area contributed by atoms with Crippen LogP contribution < -0.4 is 5.01 Å². The van der Waals surface area contributed by atoms with Gasteiger partial charge in [0, 0.05) is 23.4 Å². The number of rotatable bonds is 5. The summed E-state index contributed by atoms with van der Waals surface area (Å²) in [5, 5.41) is 8.78. The van der Waals surface area contributed by atoms with Gasteiger partial charge in [0.15, 0.2) is 5.82 Å². The first kappa shape index (κ1) is 21.8. The predicted molar refractivity (Wildman–Crippen MR) is 106 cm³/mol. The molecule has 0 aliphatic carbocycles. The Bertz CT molecular complexity index is 1060. The van der Waals surface area contributed by atoms with Gasteiger partial charge in [0.25, 0.3) is 0 Å². The van der Waals surface area contributed by atoms with Crippen LogP contribution in [0, 0.1) is 0 Å². The first-order chi connectivity index (χ1) is 14.1. The Kier molecular flexibility index (Phi) is 6.42. The second kappa shape index (κ2) is 8.85. The molecule has 0 spiro atoms. The summed E-state index contributed by atoms with van der Waals surface area (Å²) in [5.74, 6) is -2.08. The summed E-state index contributed by atoms with van der Waals surface area (Å²) >= 11 is 12.5. The molecule has 6 nitrogen and oxygen atoms in total. The van der Waals surface area contributed by atoms with Crippen LogP contribution in [0.5, 0.6) is 0 Å². The summed E-state index contributed by atoms with van der Waals surface area (Å²) in [6.45, 7) is 1.32.